The van der Waals surface area contributed by atoms with Crippen molar-refractivity contribution in [3.05, 3.63) is 49.8 Å². The SMILES string of the molecule is COCCn1ncc(Br)c1C(O)c1ccccc1I. The molecular weight excluding hydrogens is 423 g/mol. The van der Waals surface area contributed by atoms with E-state index < -0.39 is 6.10 Å². The van der Waals surface area contributed by atoms with Crippen LogP contribution >= 0.6 is 38.5 Å². The van der Waals surface area contributed by atoms with E-state index in [0.29, 0.717) is 13.2 Å². The van der Waals surface area contributed by atoms with E-state index in [9.17, 15) is 5.11 Å². The number of ether oxygens (including phenoxy) is 1. The first-order chi connectivity index (χ1) is 9.15. The Kier molecular flexibility index (Phi) is 5.37. The van der Waals surface area contributed by atoms with Gasteiger partial charge in [-0.25, -0.2) is 0 Å². The maximum Gasteiger partial charge on any atom is 0.123 e. The van der Waals surface area contributed by atoms with E-state index in [1.54, 1.807) is 18.0 Å². The molecular formula is C13H14BrIN2O2. The first kappa shape index (κ1) is 15.0. The predicted molar refractivity (Wildman–Crippen MR) is 85.0 cm³/mol. The molecule has 19 heavy (non-hydrogen) atoms. The van der Waals surface area contributed by atoms with Crippen molar-refractivity contribution < 1.29 is 9.84 Å². The van der Waals surface area contributed by atoms with Gasteiger partial charge in [0, 0.05) is 10.7 Å². The molecule has 1 aromatic carbocycles. The average Bonchev–Trinajstić information content (AvgIpc) is 2.77. The number of hydrogen-bond acceptors (Lipinski definition) is 3. The van der Waals surface area contributed by atoms with Crippen LogP contribution in [-0.2, 0) is 11.3 Å². The zero-order valence-electron chi connectivity index (χ0n) is 10.4. The number of aliphatic hydroxyl groups excluding tert-OH is 1. The quantitative estimate of drug-likeness (QED) is 0.733. The average molecular weight is 437 g/mol. The van der Waals surface area contributed by atoms with Gasteiger partial charge in [-0.3, -0.25) is 4.68 Å². The summed E-state index contributed by atoms with van der Waals surface area (Å²) in [6.07, 6.45) is 0.992. The summed E-state index contributed by atoms with van der Waals surface area (Å²) < 4.78 is 8.65. The second kappa shape index (κ2) is 6.83. The van der Waals surface area contributed by atoms with Crippen molar-refractivity contribution in [2.45, 2.75) is 12.6 Å². The molecule has 102 valence electrons. The molecule has 2 aromatic rings. The molecule has 0 spiro atoms. The van der Waals surface area contributed by atoms with Crippen molar-refractivity contribution in [3.8, 4) is 0 Å². The van der Waals surface area contributed by atoms with Gasteiger partial charge in [0.05, 0.1) is 29.5 Å². The zero-order chi connectivity index (χ0) is 13.8. The Bertz CT molecular complexity index is 559. The lowest BCUT2D eigenvalue weighted by molar-refractivity contribution is 0.171. The molecule has 1 unspecified atom stereocenters. The van der Waals surface area contributed by atoms with Crippen molar-refractivity contribution >= 4 is 38.5 Å². The normalized spacial score (nSPS) is 12.6. The van der Waals surface area contributed by atoms with Crippen LogP contribution in [0.5, 0.6) is 0 Å². The molecule has 0 saturated heterocycles. The van der Waals surface area contributed by atoms with E-state index in [2.05, 4.69) is 43.6 Å². The highest BCUT2D eigenvalue weighted by molar-refractivity contribution is 14.1. The molecule has 6 heteroatoms. The van der Waals surface area contributed by atoms with Crippen LogP contribution in [0.25, 0.3) is 0 Å². The molecule has 2 rings (SSSR count). The molecule has 4 nitrogen and oxygen atoms in total. The lowest BCUT2D eigenvalue weighted by Crippen LogP contribution is -2.14. The molecule has 0 aliphatic rings. The minimum absolute atomic E-state index is 0.555. The van der Waals surface area contributed by atoms with Crippen LogP contribution in [0.4, 0.5) is 0 Å². The van der Waals surface area contributed by atoms with Crippen LogP contribution in [0.2, 0.25) is 0 Å². The fourth-order valence-corrected chi connectivity index (χ4v) is 3.04. The second-order valence-electron chi connectivity index (χ2n) is 4.02. The summed E-state index contributed by atoms with van der Waals surface area (Å²) >= 11 is 5.67. The number of aliphatic hydroxyl groups is 1. The van der Waals surface area contributed by atoms with Crippen LogP contribution < -0.4 is 0 Å². The lowest BCUT2D eigenvalue weighted by atomic mass is 10.1. The molecule has 0 aliphatic carbocycles. The molecule has 1 N–H and O–H groups in total. The van der Waals surface area contributed by atoms with Gasteiger partial charge in [0.2, 0.25) is 0 Å². The third-order valence-corrected chi connectivity index (χ3v) is 4.39. The van der Waals surface area contributed by atoms with Crippen LogP contribution in [-0.4, -0.2) is 28.6 Å². The Balaban J connectivity index is 2.35. The number of halogens is 2. The summed E-state index contributed by atoms with van der Waals surface area (Å²) in [4.78, 5) is 0. The molecule has 0 aliphatic heterocycles. The van der Waals surface area contributed by atoms with Crippen LogP contribution in [0.1, 0.15) is 17.4 Å². The van der Waals surface area contributed by atoms with E-state index in [0.717, 1.165) is 19.3 Å². The Morgan fingerprint density at radius 3 is 2.89 bits per heavy atom. The van der Waals surface area contributed by atoms with Crippen molar-refractivity contribution in [3.63, 3.8) is 0 Å². The van der Waals surface area contributed by atoms with Gasteiger partial charge in [-0.05, 0) is 50.2 Å². The van der Waals surface area contributed by atoms with Crippen molar-refractivity contribution in [1.82, 2.24) is 9.78 Å². The largest absolute Gasteiger partial charge is 0.383 e. The summed E-state index contributed by atoms with van der Waals surface area (Å²) in [6.45, 7) is 1.16. The first-order valence-electron chi connectivity index (χ1n) is 5.77. The third-order valence-electron chi connectivity index (χ3n) is 2.80. The van der Waals surface area contributed by atoms with Gasteiger partial charge in [0.25, 0.3) is 0 Å². The number of aromatic nitrogens is 2. The standard InChI is InChI=1S/C13H14BrIN2O2/c1-19-7-6-17-12(10(14)8-16-17)13(18)9-4-2-3-5-11(9)15/h2-5,8,13,18H,6-7H2,1H3. The summed E-state index contributed by atoms with van der Waals surface area (Å²) in [6, 6.07) is 7.77. The van der Waals surface area contributed by atoms with E-state index >= 15 is 0 Å². The molecule has 0 saturated carbocycles. The topological polar surface area (TPSA) is 47.3 Å². The van der Waals surface area contributed by atoms with Gasteiger partial charge in [0.1, 0.15) is 6.10 Å². The molecule has 1 atom stereocenters. The highest BCUT2D eigenvalue weighted by Crippen LogP contribution is 2.30. The second-order valence-corrected chi connectivity index (χ2v) is 6.03. The predicted octanol–water partition coefficient (Wildman–Crippen LogP) is 2.98. The van der Waals surface area contributed by atoms with Gasteiger partial charge in [-0.1, -0.05) is 18.2 Å². The Morgan fingerprint density at radius 1 is 1.47 bits per heavy atom. The Labute approximate surface area is 134 Å². The minimum atomic E-state index is -0.707. The summed E-state index contributed by atoms with van der Waals surface area (Å²) in [5.74, 6) is 0. The number of nitrogens with zero attached hydrogens (tertiary/aromatic N) is 2. The summed E-state index contributed by atoms with van der Waals surface area (Å²) in [5, 5.41) is 14.8. The van der Waals surface area contributed by atoms with E-state index in [1.807, 2.05) is 24.3 Å². The highest BCUT2D eigenvalue weighted by Gasteiger charge is 2.21. The van der Waals surface area contributed by atoms with Gasteiger partial charge in [0.15, 0.2) is 0 Å². The first-order valence-corrected chi connectivity index (χ1v) is 7.65. The van der Waals surface area contributed by atoms with Gasteiger partial charge < -0.3 is 9.84 Å². The molecule has 0 bridgehead atoms. The number of rotatable bonds is 5. The smallest absolute Gasteiger partial charge is 0.123 e. The zero-order valence-corrected chi connectivity index (χ0v) is 14.1. The van der Waals surface area contributed by atoms with Gasteiger partial charge in [-0.2, -0.15) is 5.10 Å². The monoisotopic (exact) mass is 436 g/mol. The number of hydrogen-bond donors (Lipinski definition) is 1. The van der Waals surface area contributed by atoms with Gasteiger partial charge >= 0.3 is 0 Å². The fourth-order valence-electron chi connectivity index (χ4n) is 1.84. The fraction of sp³-hybridized carbons (Fsp3) is 0.308. The Morgan fingerprint density at radius 2 is 2.21 bits per heavy atom. The van der Waals surface area contributed by atoms with Crippen molar-refractivity contribution in [2.24, 2.45) is 0 Å². The third kappa shape index (κ3) is 3.36. The maximum atomic E-state index is 10.6. The van der Waals surface area contributed by atoms with Crippen molar-refractivity contribution in [1.29, 1.82) is 0 Å². The summed E-state index contributed by atoms with van der Waals surface area (Å²) in [5.41, 5.74) is 1.63. The van der Waals surface area contributed by atoms with E-state index in [4.69, 9.17) is 4.74 Å². The van der Waals surface area contributed by atoms with Gasteiger partial charge in [-0.15, -0.1) is 0 Å². The van der Waals surface area contributed by atoms with Crippen LogP contribution in [0.3, 0.4) is 0 Å². The van der Waals surface area contributed by atoms with Crippen LogP contribution in [0.15, 0.2) is 34.9 Å². The Hall–Kier alpha value is -0.440. The van der Waals surface area contributed by atoms with E-state index in [-0.39, 0.29) is 0 Å². The van der Waals surface area contributed by atoms with Crippen LogP contribution in [0, 0.1) is 3.57 Å². The number of benzene rings is 1. The molecule has 1 heterocycles. The lowest BCUT2D eigenvalue weighted by Gasteiger charge is -2.15. The number of methoxy groups -OCH3 is 1. The molecule has 0 radical (unpaired) electrons. The molecule has 1 aromatic heterocycles. The molecule has 0 fully saturated rings. The van der Waals surface area contributed by atoms with E-state index in [1.165, 1.54) is 0 Å². The molecule has 0 amide bonds. The van der Waals surface area contributed by atoms with Crippen molar-refractivity contribution in [2.75, 3.05) is 13.7 Å². The summed E-state index contributed by atoms with van der Waals surface area (Å²) in [7, 11) is 1.65. The highest BCUT2D eigenvalue weighted by atomic mass is 127. The maximum absolute atomic E-state index is 10.6. The minimum Gasteiger partial charge on any atom is -0.383 e.